The number of aliphatic hydroxyl groups excluding tert-OH is 9. The summed E-state index contributed by atoms with van der Waals surface area (Å²) in [6.07, 6.45) is -20.5. The predicted molar refractivity (Wildman–Crippen MR) is 149 cm³/mol. The van der Waals surface area contributed by atoms with E-state index in [1.165, 1.54) is 14.0 Å². The zero-order valence-electron chi connectivity index (χ0n) is 25.8. The first kappa shape index (κ1) is 38.0. The van der Waals surface area contributed by atoms with Crippen molar-refractivity contribution in [1.82, 2.24) is 0 Å². The molecule has 4 aliphatic heterocycles. The van der Waals surface area contributed by atoms with Crippen LogP contribution in [0.3, 0.4) is 0 Å². The minimum Gasteiger partial charge on any atom is -0.394 e. The van der Waals surface area contributed by atoms with E-state index in [1.54, 1.807) is 6.92 Å². The quantitative estimate of drug-likeness (QED) is 0.0970. The predicted octanol–water partition coefficient (Wildman–Crippen LogP) is -6.61. The maximum atomic E-state index is 11.2. The normalized spacial score (nSPS) is 52.0. The summed E-state index contributed by atoms with van der Waals surface area (Å²) in [7, 11) is 1.39. The second-order valence-corrected chi connectivity index (χ2v) is 12.3. The van der Waals surface area contributed by atoms with E-state index in [2.05, 4.69) is 0 Å². The molecule has 0 bridgehead atoms. The lowest BCUT2D eigenvalue weighted by Crippen LogP contribution is -2.68. The molecule has 20 atom stereocenters. The summed E-state index contributed by atoms with van der Waals surface area (Å²) in [6.45, 7) is 0.631. The highest BCUT2D eigenvalue weighted by atomic mass is 16.8. The van der Waals surface area contributed by atoms with Gasteiger partial charge in [0.2, 0.25) is 0 Å². The molecular formula is C27H50N2O17. The van der Waals surface area contributed by atoms with Crippen LogP contribution < -0.4 is 11.5 Å². The van der Waals surface area contributed by atoms with Crippen LogP contribution in [0.1, 0.15) is 13.8 Å². The molecule has 0 radical (unpaired) electrons. The van der Waals surface area contributed by atoms with Crippen LogP contribution in [0.15, 0.2) is 0 Å². The second kappa shape index (κ2) is 16.3. The summed E-state index contributed by atoms with van der Waals surface area (Å²) in [5.41, 5.74) is 12.2. The Morgan fingerprint density at radius 2 is 0.826 bits per heavy atom. The van der Waals surface area contributed by atoms with Crippen molar-refractivity contribution in [3.05, 3.63) is 0 Å². The maximum absolute atomic E-state index is 11.2. The fraction of sp³-hybridized carbons (Fsp3) is 1.00. The Kier molecular flexibility index (Phi) is 13.5. The van der Waals surface area contributed by atoms with Gasteiger partial charge < -0.3 is 95.3 Å². The first-order valence-corrected chi connectivity index (χ1v) is 15.3. The van der Waals surface area contributed by atoms with Gasteiger partial charge in [0.1, 0.15) is 61.0 Å². The molecule has 46 heavy (non-hydrogen) atoms. The Morgan fingerprint density at radius 3 is 1.28 bits per heavy atom. The maximum Gasteiger partial charge on any atom is 0.176 e. The highest BCUT2D eigenvalue weighted by Crippen LogP contribution is 2.36. The molecule has 0 aromatic heterocycles. The SMILES string of the molecule is CO[C@H]1OC(CO)[C@H](O[C@@H]2OC(CO)C(O[C@H]3OC(CO)[C@H](O[C@@H]4OC(CO)C(O)[C@H](O)C4N)C(O)[C@H]3C)[C@H](O)C2N)C(O)[C@H]1C. The molecule has 0 aliphatic carbocycles. The first-order valence-electron chi connectivity index (χ1n) is 15.3. The molecule has 4 saturated heterocycles. The van der Waals surface area contributed by atoms with Crippen molar-refractivity contribution in [2.45, 2.75) is 124 Å². The zero-order chi connectivity index (χ0) is 34.0. The van der Waals surface area contributed by atoms with Crippen LogP contribution in [-0.4, -0.2) is 190 Å². The lowest BCUT2D eigenvalue weighted by molar-refractivity contribution is -0.367. The Bertz CT molecular complexity index is 935. The van der Waals surface area contributed by atoms with E-state index in [0.29, 0.717) is 0 Å². The number of aliphatic hydroxyl groups is 9. The summed E-state index contributed by atoms with van der Waals surface area (Å²) in [5.74, 6) is -1.47. The molecule has 4 heterocycles. The van der Waals surface area contributed by atoms with Crippen LogP contribution in [0.4, 0.5) is 0 Å². The number of ether oxygens (including phenoxy) is 8. The lowest BCUT2D eigenvalue weighted by atomic mass is 9.90. The Labute approximate surface area is 265 Å². The van der Waals surface area contributed by atoms with Gasteiger partial charge in [-0.25, -0.2) is 0 Å². The monoisotopic (exact) mass is 674 g/mol. The minimum atomic E-state index is -1.54. The molecule has 270 valence electrons. The van der Waals surface area contributed by atoms with Crippen LogP contribution in [0, 0.1) is 11.8 Å². The van der Waals surface area contributed by atoms with Crippen LogP contribution in [0.25, 0.3) is 0 Å². The molecule has 4 rings (SSSR count). The third kappa shape index (κ3) is 7.53. The number of hydrogen-bond donors (Lipinski definition) is 11. The van der Waals surface area contributed by atoms with Gasteiger partial charge >= 0.3 is 0 Å². The van der Waals surface area contributed by atoms with E-state index in [4.69, 9.17) is 49.4 Å². The molecule has 4 fully saturated rings. The van der Waals surface area contributed by atoms with Gasteiger partial charge in [-0.05, 0) is 0 Å². The smallest absolute Gasteiger partial charge is 0.176 e. The van der Waals surface area contributed by atoms with Crippen molar-refractivity contribution in [2.75, 3.05) is 33.5 Å². The molecule has 0 saturated carbocycles. The third-order valence-corrected chi connectivity index (χ3v) is 9.25. The fourth-order valence-corrected chi connectivity index (χ4v) is 6.23. The molecule has 0 aromatic rings. The number of methoxy groups -OCH3 is 1. The van der Waals surface area contributed by atoms with Crippen molar-refractivity contribution in [3.8, 4) is 0 Å². The standard InChI is InChI=1S/C27H50N2O17/c1-8-16(34)21(11(5-31)41-24(8)39-3)46-27-15(29)20(38)23(13(7-33)43-27)44-25-9(2)17(35)22(12(6-32)42-25)45-26-14(28)19(37)18(36)10(4-30)40-26/h8-27,30-38H,4-7,28-29H2,1-3H3/t8-,9-,10?,11?,12?,13?,14?,15?,16?,17?,18?,19-,20-,21+,22+,23?,24+,25-,26+,27+/m1/s1. The van der Waals surface area contributed by atoms with Gasteiger partial charge in [0.05, 0.1) is 50.7 Å². The van der Waals surface area contributed by atoms with Gasteiger partial charge in [0.15, 0.2) is 25.2 Å². The molecule has 4 aliphatic rings. The van der Waals surface area contributed by atoms with E-state index in [1.807, 2.05) is 0 Å². The van der Waals surface area contributed by atoms with Gasteiger partial charge in [-0.3, -0.25) is 0 Å². The van der Waals surface area contributed by atoms with Gasteiger partial charge in [-0.1, -0.05) is 13.8 Å². The first-order chi connectivity index (χ1) is 21.8. The van der Waals surface area contributed by atoms with Crippen molar-refractivity contribution in [3.63, 3.8) is 0 Å². The summed E-state index contributed by atoms with van der Waals surface area (Å²) in [6, 6.07) is -2.57. The molecule has 0 spiro atoms. The average Bonchev–Trinajstić information content (AvgIpc) is 3.05. The minimum absolute atomic E-state index is 0.534. The van der Waals surface area contributed by atoms with Crippen LogP contribution in [-0.2, 0) is 37.9 Å². The van der Waals surface area contributed by atoms with Gasteiger partial charge in [0, 0.05) is 18.9 Å². The third-order valence-electron chi connectivity index (χ3n) is 9.25. The van der Waals surface area contributed by atoms with E-state index < -0.39 is 149 Å². The number of hydrogen-bond acceptors (Lipinski definition) is 19. The summed E-state index contributed by atoms with van der Waals surface area (Å²) >= 11 is 0. The zero-order valence-corrected chi connectivity index (χ0v) is 25.8. The largest absolute Gasteiger partial charge is 0.394 e. The Morgan fingerprint density at radius 1 is 0.478 bits per heavy atom. The van der Waals surface area contributed by atoms with Crippen molar-refractivity contribution >= 4 is 0 Å². The Hall–Kier alpha value is -0.760. The van der Waals surface area contributed by atoms with E-state index in [0.717, 1.165) is 0 Å². The fourth-order valence-electron chi connectivity index (χ4n) is 6.23. The van der Waals surface area contributed by atoms with E-state index >= 15 is 0 Å². The van der Waals surface area contributed by atoms with Crippen LogP contribution in [0.2, 0.25) is 0 Å². The molecule has 0 amide bonds. The van der Waals surface area contributed by atoms with E-state index in [-0.39, 0.29) is 0 Å². The van der Waals surface area contributed by atoms with Crippen LogP contribution >= 0.6 is 0 Å². The van der Waals surface area contributed by atoms with Gasteiger partial charge in [-0.15, -0.1) is 0 Å². The average molecular weight is 675 g/mol. The molecule has 19 heteroatoms. The summed E-state index contributed by atoms with van der Waals surface area (Å²) in [4.78, 5) is 0. The molecule has 0 aromatic carbocycles. The Balaban J connectivity index is 1.43. The van der Waals surface area contributed by atoms with Crippen LogP contribution in [0.5, 0.6) is 0 Å². The molecule has 10 unspecified atom stereocenters. The lowest BCUT2D eigenvalue weighted by Gasteiger charge is -2.50. The number of rotatable bonds is 11. The summed E-state index contributed by atoms with van der Waals surface area (Å²) < 4.78 is 45.8. The topological polar surface area (TPSA) is 308 Å². The highest BCUT2D eigenvalue weighted by molar-refractivity contribution is 4.98. The van der Waals surface area contributed by atoms with Gasteiger partial charge in [0.25, 0.3) is 0 Å². The highest BCUT2D eigenvalue weighted by Gasteiger charge is 2.53. The van der Waals surface area contributed by atoms with Crippen molar-refractivity contribution in [2.24, 2.45) is 23.3 Å². The molecular weight excluding hydrogens is 624 g/mol. The summed E-state index contributed by atoms with van der Waals surface area (Å²) in [5, 5.41) is 93.1. The molecule has 19 nitrogen and oxygen atoms in total. The van der Waals surface area contributed by atoms with Crippen molar-refractivity contribution < 1.29 is 83.9 Å². The number of nitrogens with two attached hydrogens (primary N) is 2. The molecule has 13 N–H and O–H groups in total. The van der Waals surface area contributed by atoms with Crippen molar-refractivity contribution in [1.29, 1.82) is 0 Å². The van der Waals surface area contributed by atoms with E-state index in [9.17, 15) is 46.0 Å². The van der Waals surface area contributed by atoms with Gasteiger partial charge in [-0.2, -0.15) is 0 Å². The second-order valence-electron chi connectivity index (χ2n) is 12.3.